The molecule has 1 heterocycles. The van der Waals surface area contributed by atoms with Gasteiger partial charge in [-0.15, -0.1) is 0 Å². The summed E-state index contributed by atoms with van der Waals surface area (Å²) in [5.74, 6) is -1.35. The van der Waals surface area contributed by atoms with Crippen LogP contribution < -0.4 is 0 Å². The first-order valence-corrected chi connectivity index (χ1v) is 10.8. The van der Waals surface area contributed by atoms with Crippen molar-refractivity contribution in [3.05, 3.63) is 106 Å². The van der Waals surface area contributed by atoms with Crippen LogP contribution in [0.25, 0.3) is 0 Å². The lowest BCUT2D eigenvalue weighted by Gasteiger charge is -2.31. The zero-order valence-corrected chi connectivity index (χ0v) is 18.0. The van der Waals surface area contributed by atoms with Crippen molar-refractivity contribution in [2.45, 2.75) is 44.6 Å². The maximum Gasteiger partial charge on any atom is 0.212 e. The minimum Gasteiger partial charge on any atom is -0.379 e. The van der Waals surface area contributed by atoms with E-state index in [1.54, 1.807) is 24.3 Å². The number of benzene rings is 3. The summed E-state index contributed by atoms with van der Waals surface area (Å²) in [6, 6.07) is 16.1. The van der Waals surface area contributed by atoms with Crippen molar-refractivity contribution in [3.8, 4) is 0 Å². The fraction of sp³-hybridized carbons (Fsp3) is 0.259. The topological polar surface area (TPSA) is 38.7 Å². The number of hydrogen-bond donors (Lipinski definition) is 0. The lowest BCUT2D eigenvalue weighted by molar-refractivity contribution is -0.0170. The SMILES string of the molecule is Cc1cc2c(cc1C)C(=O)C1(CCC2)ON=C(c2ccc(F)cc2)C1c1ccc(F)cc1. The lowest BCUT2D eigenvalue weighted by atomic mass is 9.72. The Balaban J connectivity index is 1.67. The number of aryl methyl sites for hydroxylation is 3. The van der Waals surface area contributed by atoms with Gasteiger partial charge in [0.15, 0.2) is 0 Å². The third kappa shape index (κ3) is 3.24. The maximum atomic E-state index is 14.1. The molecule has 1 aliphatic carbocycles. The van der Waals surface area contributed by atoms with E-state index in [2.05, 4.69) is 11.2 Å². The van der Waals surface area contributed by atoms with Gasteiger partial charge >= 0.3 is 0 Å². The van der Waals surface area contributed by atoms with E-state index in [0.717, 1.165) is 35.1 Å². The highest BCUT2D eigenvalue weighted by molar-refractivity contribution is 6.14. The Bertz CT molecular complexity index is 1230. The minimum absolute atomic E-state index is 0.108. The maximum absolute atomic E-state index is 14.1. The van der Waals surface area contributed by atoms with E-state index < -0.39 is 11.5 Å². The lowest BCUT2D eigenvalue weighted by Crippen LogP contribution is -2.45. The molecule has 5 rings (SSSR count). The molecule has 3 nitrogen and oxygen atoms in total. The van der Waals surface area contributed by atoms with Crippen molar-refractivity contribution in [2.24, 2.45) is 5.16 Å². The molecule has 162 valence electrons. The van der Waals surface area contributed by atoms with E-state index in [-0.39, 0.29) is 17.4 Å². The largest absolute Gasteiger partial charge is 0.379 e. The van der Waals surface area contributed by atoms with Crippen LogP contribution in [0.4, 0.5) is 8.78 Å². The monoisotopic (exact) mass is 431 g/mol. The second-order valence-corrected chi connectivity index (χ2v) is 8.73. The number of nitrogens with zero attached hydrogens (tertiary/aromatic N) is 1. The molecule has 1 spiro atoms. The van der Waals surface area contributed by atoms with Crippen molar-refractivity contribution < 1.29 is 18.4 Å². The molecule has 0 bridgehead atoms. The Morgan fingerprint density at radius 3 is 2.25 bits per heavy atom. The molecule has 2 aliphatic rings. The molecule has 0 saturated carbocycles. The number of fused-ring (bicyclic) bond motifs is 1. The summed E-state index contributed by atoms with van der Waals surface area (Å²) < 4.78 is 27.3. The van der Waals surface area contributed by atoms with E-state index in [4.69, 9.17) is 4.84 Å². The van der Waals surface area contributed by atoms with Crippen LogP contribution >= 0.6 is 0 Å². The molecular formula is C27H23F2NO2. The van der Waals surface area contributed by atoms with Gasteiger partial charge < -0.3 is 4.84 Å². The summed E-state index contributed by atoms with van der Waals surface area (Å²) >= 11 is 0. The Morgan fingerprint density at radius 2 is 1.56 bits per heavy atom. The highest BCUT2D eigenvalue weighted by Gasteiger charge is 2.56. The number of Topliss-reactive ketones (excluding diaryl/α,β-unsaturated/α-hetero) is 1. The number of rotatable bonds is 2. The molecule has 3 aromatic carbocycles. The van der Waals surface area contributed by atoms with Crippen LogP contribution in [-0.4, -0.2) is 17.1 Å². The van der Waals surface area contributed by atoms with Crippen molar-refractivity contribution >= 4 is 11.5 Å². The van der Waals surface area contributed by atoms with Gasteiger partial charge in [-0.2, -0.15) is 0 Å². The highest BCUT2D eigenvalue weighted by atomic mass is 19.1. The zero-order chi connectivity index (χ0) is 22.5. The fourth-order valence-corrected chi connectivity index (χ4v) is 4.92. The molecule has 0 amide bonds. The van der Waals surface area contributed by atoms with Gasteiger partial charge in [-0.25, -0.2) is 8.78 Å². The minimum atomic E-state index is -1.23. The van der Waals surface area contributed by atoms with Crippen molar-refractivity contribution in [2.75, 3.05) is 0 Å². The Hall–Kier alpha value is -3.34. The smallest absolute Gasteiger partial charge is 0.212 e. The van der Waals surface area contributed by atoms with Gasteiger partial charge in [0.2, 0.25) is 11.4 Å². The van der Waals surface area contributed by atoms with E-state index in [1.165, 1.54) is 24.3 Å². The van der Waals surface area contributed by atoms with E-state index in [9.17, 15) is 13.6 Å². The summed E-state index contributed by atoms with van der Waals surface area (Å²) in [6.07, 6.45) is 2.01. The molecule has 0 fully saturated rings. The van der Waals surface area contributed by atoms with Crippen LogP contribution in [0.3, 0.4) is 0 Å². The number of oxime groups is 1. The van der Waals surface area contributed by atoms with Crippen molar-refractivity contribution in [1.29, 1.82) is 0 Å². The zero-order valence-electron chi connectivity index (χ0n) is 18.0. The van der Waals surface area contributed by atoms with Crippen LogP contribution in [-0.2, 0) is 11.3 Å². The van der Waals surface area contributed by atoms with Gasteiger partial charge in [0.1, 0.15) is 11.6 Å². The second kappa shape index (κ2) is 7.66. The Morgan fingerprint density at radius 1 is 0.938 bits per heavy atom. The molecule has 1 aliphatic heterocycles. The Labute approximate surface area is 185 Å². The molecule has 0 aromatic heterocycles. The van der Waals surface area contributed by atoms with Crippen molar-refractivity contribution in [3.63, 3.8) is 0 Å². The third-order valence-corrected chi connectivity index (χ3v) is 6.73. The standard InChI is InChI=1S/C27H23F2NO2/c1-16-14-20-4-3-13-27(26(31)23(20)15-17(16)2)24(18-5-9-21(28)10-6-18)25(30-32-27)19-7-11-22(29)12-8-19/h5-12,14-15,24H,3-4,13H2,1-2H3. The summed E-state index contributed by atoms with van der Waals surface area (Å²) in [4.78, 5) is 20.1. The van der Waals surface area contributed by atoms with Gasteiger partial charge in [-0.3, -0.25) is 4.79 Å². The first kappa shape index (κ1) is 20.6. The van der Waals surface area contributed by atoms with Crippen molar-refractivity contribution in [1.82, 2.24) is 0 Å². The number of halogens is 2. The average Bonchev–Trinajstić information content (AvgIpc) is 3.11. The normalized spacial score (nSPS) is 22.3. The van der Waals surface area contributed by atoms with Gasteiger partial charge in [0, 0.05) is 11.1 Å². The number of hydrogen-bond acceptors (Lipinski definition) is 3. The molecule has 32 heavy (non-hydrogen) atoms. The van der Waals surface area contributed by atoms with Gasteiger partial charge in [-0.05, 0) is 85.7 Å². The molecule has 0 radical (unpaired) electrons. The number of carbonyl (C=O) groups is 1. The van der Waals surface area contributed by atoms with Crippen LogP contribution in [0.15, 0.2) is 65.8 Å². The fourth-order valence-electron chi connectivity index (χ4n) is 4.92. The molecule has 5 heteroatoms. The highest BCUT2D eigenvalue weighted by Crippen LogP contribution is 2.47. The first-order valence-electron chi connectivity index (χ1n) is 10.8. The predicted molar refractivity (Wildman–Crippen MR) is 119 cm³/mol. The molecule has 0 saturated heterocycles. The quantitative estimate of drug-likeness (QED) is 0.495. The van der Waals surface area contributed by atoms with Crippen LogP contribution in [0.5, 0.6) is 0 Å². The van der Waals surface area contributed by atoms with Gasteiger partial charge in [-0.1, -0.05) is 35.5 Å². The van der Waals surface area contributed by atoms with Crippen LogP contribution in [0, 0.1) is 25.5 Å². The molecule has 2 unspecified atom stereocenters. The molecule has 0 N–H and O–H groups in total. The van der Waals surface area contributed by atoms with E-state index in [0.29, 0.717) is 23.3 Å². The van der Waals surface area contributed by atoms with Crippen LogP contribution in [0.2, 0.25) is 0 Å². The molecular weight excluding hydrogens is 408 g/mol. The summed E-state index contributed by atoms with van der Waals surface area (Å²) in [6.45, 7) is 4.04. The van der Waals surface area contributed by atoms with E-state index >= 15 is 0 Å². The summed E-state index contributed by atoms with van der Waals surface area (Å²) in [5, 5.41) is 4.38. The predicted octanol–water partition coefficient (Wildman–Crippen LogP) is 6.06. The first-order chi connectivity index (χ1) is 15.4. The van der Waals surface area contributed by atoms with Gasteiger partial charge in [0.25, 0.3) is 0 Å². The number of carbonyl (C=O) groups excluding carboxylic acids is 1. The second-order valence-electron chi connectivity index (χ2n) is 8.73. The molecule has 2 atom stereocenters. The Kier molecular flexibility index (Phi) is 4.92. The van der Waals surface area contributed by atoms with Crippen LogP contribution in [0.1, 0.15) is 56.9 Å². The average molecular weight is 431 g/mol. The van der Waals surface area contributed by atoms with E-state index in [1.807, 2.05) is 19.9 Å². The van der Waals surface area contributed by atoms with Gasteiger partial charge in [0.05, 0.1) is 11.6 Å². The molecule has 3 aromatic rings. The summed E-state index contributed by atoms with van der Waals surface area (Å²) in [7, 11) is 0. The summed E-state index contributed by atoms with van der Waals surface area (Å²) in [5.41, 5.74) is 4.62. The number of ketones is 1. The third-order valence-electron chi connectivity index (χ3n) is 6.73.